The number of hydrogen-bond acceptors (Lipinski definition) is 5. The Balaban J connectivity index is 0.00000338. The highest BCUT2D eigenvalue weighted by atomic mass is 35.5. The van der Waals surface area contributed by atoms with Gasteiger partial charge in [0.1, 0.15) is 6.26 Å². The van der Waals surface area contributed by atoms with E-state index in [1.807, 2.05) is 37.3 Å². The molecule has 5 nitrogen and oxygen atoms in total. The fourth-order valence-electron chi connectivity index (χ4n) is 2.79. The van der Waals surface area contributed by atoms with Crippen LogP contribution in [0.25, 0.3) is 11.5 Å². The Labute approximate surface area is 165 Å². The quantitative estimate of drug-likeness (QED) is 0.671. The number of thioether (sulfide) groups is 1. The summed E-state index contributed by atoms with van der Waals surface area (Å²) in [4.78, 5) is 16.7. The second-order valence-electron chi connectivity index (χ2n) is 6.91. The average Bonchev–Trinajstić information content (AvgIpc) is 3.03. The van der Waals surface area contributed by atoms with Crippen LogP contribution in [0.2, 0.25) is 0 Å². The first-order chi connectivity index (χ1) is 11.9. The van der Waals surface area contributed by atoms with E-state index in [1.54, 1.807) is 6.26 Å². The number of nitrogens with one attached hydrogen (secondary N) is 1. The second-order valence-corrected chi connectivity index (χ2v) is 7.90. The van der Waals surface area contributed by atoms with E-state index in [1.165, 1.54) is 11.8 Å². The van der Waals surface area contributed by atoms with E-state index in [4.69, 9.17) is 10.2 Å². The minimum Gasteiger partial charge on any atom is -0.444 e. The highest BCUT2D eigenvalue weighted by Gasteiger charge is 2.25. The standard InChI is InChI=1S/C19H27N3O2S.ClH/c1-14(2)9-19(3,13-20)22-17(23)12-25-11-16-10-24-18(21-16)15-7-5-4-6-8-15;/h4-8,10,14H,9,11-13,20H2,1-3H3,(H,22,23);1H. The van der Waals surface area contributed by atoms with Gasteiger partial charge in [0.05, 0.1) is 11.4 Å². The van der Waals surface area contributed by atoms with Crippen LogP contribution in [-0.4, -0.2) is 28.7 Å². The minimum atomic E-state index is -0.347. The number of nitrogens with two attached hydrogens (primary N) is 1. The van der Waals surface area contributed by atoms with Gasteiger partial charge in [-0.25, -0.2) is 4.98 Å². The fraction of sp³-hybridized carbons (Fsp3) is 0.474. The van der Waals surface area contributed by atoms with Gasteiger partial charge in [0, 0.05) is 23.4 Å². The lowest BCUT2D eigenvalue weighted by Crippen LogP contribution is -2.52. The van der Waals surface area contributed by atoms with Crippen molar-refractivity contribution in [2.45, 2.75) is 38.5 Å². The molecule has 3 N–H and O–H groups in total. The van der Waals surface area contributed by atoms with Crippen molar-refractivity contribution in [1.82, 2.24) is 10.3 Å². The van der Waals surface area contributed by atoms with Crippen molar-refractivity contribution < 1.29 is 9.21 Å². The molecule has 0 radical (unpaired) electrons. The van der Waals surface area contributed by atoms with Gasteiger partial charge in [-0.2, -0.15) is 0 Å². The molecule has 2 rings (SSSR count). The number of halogens is 1. The molecule has 0 aliphatic heterocycles. The number of nitrogens with zero attached hydrogens (tertiary/aromatic N) is 1. The normalized spacial score (nSPS) is 13.1. The zero-order chi connectivity index (χ0) is 18.3. The molecule has 1 aromatic carbocycles. The van der Waals surface area contributed by atoms with Crippen molar-refractivity contribution in [2.75, 3.05) is 12.3 Å². The maximum atomic E-state index is 12.2. The van der Waals surface area contributed by atoms with Crippen LogP contribution >= 0.6 is 24.2 Å². The summed E-state index contributed by atoms with van der Waals surface area (Å²) in [5, 5.41) is 3.06. The summed E-state index contributed by atoms with van der Waals surface area (Å²) in [6, 6.07) is 9.77. The smallest absolute Gasteiger partial charge is 0.230 e. The third-order valence-corrected chi connectivity index (χ3v) is 4.77. The topological polar surface area (TPSA) is 81.1 Å². The number of rotatable bonds is 9. The monoisotopic (exact) mass is 397 g/mol. The van der Waals surface area contributed by atoms with Gasteiger partial charge in [0.25, 0.3) is 0 Å². The third-order valence-electron chi connectivity index (χ3n) is 3.81. The lowest BCUT2D eigenvalue weighted by molar-refractivity contribution is -0.120. The van der Waals surface area contributed by atoms with Crippen molar-refractivity contribution >= 4 is 30.1 Å². The van der Waals surface area contributed by atoms with E-state index in [-0.39, 0.29) is 23.9 Å². The molecule has 1 heterocycles. The first-order valence-electron chi connectivity index (χ1n) is 8.50. The summed E-state index contributed by atoms with van der Waals surface area (Å²) < 4.78 is 5.51. The maximum absolute atomic E-state index is 12.2. The Hall–Kier alpha value is -1.50. The molecule has 0 bridgehead atoms. The Morgan fingerprint density at radius 3 is 2.65 bits per heavy atom. The van der Waals surface area contributed by atoms with Crippen LogP contribution in [0.15, 0.2) is 41.0 Å². The number of amides is 1. The number of carbonyl (C=O) groups is 1. The lowest BCUT2D eigenvalue weighted by atomic mass is 9.91. The van der Waals surface area contributed by atoms with Crippen LogP contribution < -0.4 is 11.1 Å². The Kier molecular flexibility index (Phi) is 9.19. The average molecular weight is 398 g/mol. The van der Waals surface area contributed by atoms with Gasteiger partial charge in [-0.3, -0.25) is 4.79 Å². The second kappa shape index (κ2) is 10.6. The molecule has 26 heavy (non-hydrogen) atoms. The van der Waals surface area contributed by atoms with Gasteiger partial charge < -0.3 is 15.5 Å². The molecule has 7 heteroatoms. The summed E-state index contributed by atoms with van der Waals surface area (Å²) in [5.41, 5.74) is 7.27. The molecular formula is C19H28ClN3O2S. The van der Waals surface area contributed by atoms with E-state index in [0.29, 0.717) is 29.9 Å². The molecule has 1 aromatic heterocycles. The molecular weight excluding hydrogens is 370 g/mol. The number of aromatic nitrogens is 1. The minimum absolute atomic E-state index is 0. The summed E-state index contributed by atoms with van der Waals surface area (Å²) >= 11 is 1.52. The predicted octanol–water partition coefficient (Wildman–Crippen LogP) is 3.88. The molecule has 0 fully saturated rings. The first-order valence-corrected chi connectivity index (χ1v) is 9.66. The third kappa shape index (κ3) is 7.02. The van der Waals surface area contributed by atoms with Gasteiger partial charge in [-0.1, -0.05) is 32.0 Å². The Bertz CT molecular complexity index is 678. The SMILES string of the molecule is CC(C)CC(C)(CN)NC(=O)CSCc1coc(-c2ccccc2)n1.Cl. The van der Waals surface area contributed by atoms with E-state index >= 15 is 0 Å². The lowest BCUT2D eigenvalue weighted by Gasteiger charge is -2.31. The number of oxazole rings is 1. The van der Waals surface area contributed by atoms with Gasteiger partial charge >= 0.3 is 0 Å². The molecule has 0 aliphatic carbocycles. The predicted molar refractivity (Wildman–Crippen MR) is 110 cm³/mol. The van der Waals surface area contributed by atoms with Crippen LogP contribution in [0.1, 0.15) is 32.9 Å². The van der Waals surface area contributed by atoms with Gasteiger partial charge in [-0.05, 0) is 31.4 Å². The highest BCUT2D eigenvalue weighted by Crippen LogP contribution is 2.21. The van der Waals surface area contributed by atoms with Gasteiger partial charge in [-0.15, -0.1) is 24.2 Å². The number of benzene rings is 1. The fourth-order valence-corrected chi connectivity index (χ4v) is 3.50. The van der Waals surface area contributed by atoms with Gasteiger partial charge in [0.2, 0.25) is 11.8 Å². The summed E-state index contributed by atoms with van der Waals surface area (Å²) in [7, 11) is 0. The first kappa shape index (κ1) is 22.5. The summed E-state index contributed by atoms with van der Waals surface area (Å²) in [6.45, 7) is 6.69. The number of carbonyl (C=O) groups excluding carboxylic acids is 1. The van der Waals surface area contributed by atoms with Gasteiger partial charge in [0.15, 0.2) is 0 Å². The largest absolute Gasteiger partial charge is 0.444 e. The molecule has 1 unspecified atom stereocenters. The molecule has 1 amide bonds. The van der Waals surface area contributed by atoms with Crippen LogP contribution in [-0.2, 0) is 10.5 Å². The van der Waals surface area contributed by atoms with Crippen LogP contribution in [0.4, 0.5) is 0 Å². The molecule has 0 saturated heterocycles. The molecule has 0 aliphatic rings. The summed E-state index contributed by atoms with van der Waals surface area (Å²) in [5.74, 6) is 2.10. The van der Waals surface area contributed by atoms with Crippen molar-refractivity contribution in [3.8, 4) is 11.5 Å². The zero-order valence-corrected chi connectivity index (χ0v) is 17.2. The highest BCUT2D eigenvalue weighted by molar-refractivity contribution is 7.99. The molecule has 0 saturated carbocycles. The Morgan fingerprint density at radius 2 is 2.04 bits per heavy atom. The molecule has 1 atom stereocenters. The summed E-state index contributed by atoms with van der Waals surface area (Å²) in [6.07, 6.45) is 2.51. The molecule has 0 spiro atoms. The van der Waals surface area contributed by atoms with Crippen LogP contribution in [0, 0.1) is 5.92 Å². The molecule has 2 aromatic rings. The zero-order valence-electron chi connectivity index (χ0n) is 15.5. The van der Waals surface area contributed by atoms with E-state index in [9.17, 15) is 4.79 Å². The number of hydrogen-bond donors (Lipinski definition) is 2. The maximum Gasteiger partial charge on any atom is 0.230 e. The van der Waals surface area contributed by atoms with Crippen molar-refractivity contribution in [1.29, 1.82) is 0 Å². The Morgan fingerprint density at radius 1 is 1.35 bits per heavy atom. The van der Waals surface area contributed by atoms with E-state index in [0.717, 1.165) is 17.7 Å². The van der Waals surface area contributed by atoms with E-state index in [2.05, 4.69) is 24.1 Å². The van der Waals surface area contributed by atoms with Crippen LogP contribution in [0.5, 0.6) is 0 Å². The van der Waals surface area contributed by atoms with Crippen molar-refractivity contribution in [3.05, 3.63) is 42.3 Å². The van der Waals surface area contributed by atoms with Crippen molar-refractivity contribution in [2.24, 2.45) is 11.7 Å². The van der Waals surface area contributed by atoms with E-state index < -0.39 is 0 Å². The van der Waals surface area contributed by atoms with Crippen LogP contribution in [0.3, 0.4) is 0 Å². The molecule has 144 valence electrons. The van der Waals surface area contributed by atoms with Crippen molar-refractivity contribution in [3.63, 3.8) is 0 Å².